The third-order valence-corrected chi connectivity index (χ3v) is 7.16. The molecule has 0 aromatic heterocycles. The Bertz CT molecular complexity index is 1310. The van der Waals surface area contributed by atoms with Gasteiger partial charge >= 0.3 is 6.03 Å². The van der Waals surface area contributed by atoms with Gasteiger partial charge in [-0.15, -0.1) is 0 Å². The summed E-state index contributed by atoms with van der Waals surface area (Å²) >= 11 is 16.5. The highest BCUT2D eigenvalue weighted by molar-refractivity contribution is 14.1. The Hall–Kier alpha value is -1.89. The zero-order chi connectivity index (χ0) is 24.4. The van der Waals surface area contributed by atoms with E-state index in [0.717, 1.165) is 17.6 Å². The van der Waals surface area contributed by atoms with Crippen LogP contribution < -0.4 is 10.1 Å². The van der Waals surface area contributed by atoms with E-state index in [1.54, 1.807) is 30.3 Å². The predicted octanol–water partition coefficient (Wildman–Crippen LogP) is 7.01. The molecule has 3 amide bonds. The first-order chi connectivity index (χ1) is 16.2. The van der Waals surface area contributed by atoms with Gasteiger partial charge in [0.1, 0.15) is 23.9 Å². The third kappa shape index (κ3) is 5.67. The smallest absolute Gasteiger partial charge is 0.329 e. The van der Waals surface area contributed by atoms with Gasteiger partial charge in [-0.25, -0.2) is 9.18 Å². The van der Waals surface area contributed by atoms with E-state index in [0.29, 0.717) is 21.4 Å². The molecule has 0 unspecified atom stereocenters. The molecule has 1 heterocycles. The van der Waals surface area contributed by atoms with Gasteiger partial charge in [-0.05, 0) is 87.2 Å². The maximum absolute atomic E-state index is 14.0. The number of ether oxygens (including phenoxy) is 1. The Morgan fingerprint density at radius 2 is 1.71 bits per heavy atom. The van der Waals surface area contributed by atoms with Crippen LogP contribution in [0.3, 0.4) is 0 Å². The Balaban J connectivity index is 1.51. The van der Waals surface area contributed by atoms with E-state index in [1.165, 1.54) is 12.1 Å². The van der Waals surface area contributed by atoms with Crippen molar-refractivity contribution in [2.24, 2.45) is 0 Å². The van der Waals surface area contributed by atoms with Crippen molar-refractivity contribution in [2.75, 3.05) is 0 Å². The number of rotatable bonds is 6. The minimum absolute atomic E-state index is 0.120. The molecule has 1 aliphatic heterocycles. The molecule has 10 heteroatoms. The minimum atomic E-state index is -0.594. The van der Waals surface area contributed by atoms with Gasteiger partial charge in [0.15, 0.2) is 0 Å². The fourth-order valence-electron chi connectivity index (χ4n) is 3.27. The van der Waals surface area contributed by atoms with Gasteiger partial charge in [0.05, 0.1) is 13.7 Å². The average molecular weight is 723 g/mol. The molecule has 0 saturated carbocycles. The summed E-state index contributed by atoms with van der Waals surface area (Å²) in [5.74, 6) is -0.312. The zero-order valence-corrected chi connectivity index (χ0v) is 23.1. The van der Waals surface area contributed by atoms with E-state index in [4.69, 9.17) is 27.9 Å². The number of imide groups is 1. The second kappa shape index (κ2) is 10.8. The van der Waals surface area contributed by atoms with E-state index in [1.807, 2.05) is 18.2 Å². The van der Waals surface area contributed by atoms with E-state index < -0.39 is 17.8 Å². The molecule has 0 atom stereocenters. The normalized spacial score (nSPS) is 14.6. The number of carbonyl (C=O) groups excluding carboxylic acids is 2. The summed E-state index contributed by atoms with van der Waals surface area (Å²) in [6, 6.07) is 14.3. The molecule has 1 fully saturated rings. The van der Waals surface area contributed by atoms with Crippen LogP contribution in [0.15, 0.2) is 60.3 Å². The van der Waals surface area contributed by atoms with Crippen molar-refractivity contribution in [2.45, 2.75) is 13.2 Å². The molecule has 0 radical (unpaired) electrons. The number of benzene rings is 3. The lowest BCUT2D eigenvalue weighted by Crippen LogP contribution is -2.30. The number of nitrogens with zero attached hydrogens (tertiary/aromatic N) is 1. The largest absolute Gasteiger partial charge is 0.487 e. The highest BCUT2D eigenvalue weighted by Crippen LogP contribution is 2.32. The first-order valence-corrected chi connectivity index (χ1v) is 12.8. The van der Waals surface area contributed by atoms with Crippen LogP contribution in [0.25, 0.3) is 6.08 Å². The molecule has 174 valence electrons. The Kier molecular flexibility index (Phi) is 8.01. The molecule has 1 aliphatic rings. The molecule has 1 saturated heterocycles. The topological polar surface area (TPSA) is 58.6 Å². The quantitative estimate of drug-likeness (QED) is 0.169. The molecule has 34 heavy (non-hydrogen) atoms. The molecule has 0 bridgehead atoms. The SMILES string of the molecule is O=C1N/C(=C/c2cc(I)c(OCc3ccc(Cl)cc3Cl)c(I)c2)C(=O)N1Cc1ccccc1F. The average Bonchev–Trinajstić information content (AvgIpc) is 3.03. The highest BCUT2D eigenvalue weighted by atomic mass is 127. The van der Waals surface area contributed by atoms with Crippen LogP contribution in [-0.2, 0) is 17.9 Å². The van der Waals surface area contributed by atoms with Crippen molar-refractivity contribution in [1.29, 1.82) is 0 Å². The number of halogens is 5. The fraction of sp³-hybridized carbons (Fsp3) is 0.0833. The van der Waals surface area contributed by atoms with Gasteiger partial charge in [0.25, 0.3) is 5.91 Å². The first-order valence-electron chi connectivity index (χ1n) is 9.86. The van der Waals surface area contributed by atoms with Crippen molar-refractivity contribution in [3.8, 4) is 5.75 Å². The summed E-state index contributed by atoms with van der Waals surface area (Å²) in [6.45, 7) is 0.117. The van der Waals surface area contributed by atoms with Crippen molar-refractivity contribution < 1.29 is 18.7 Å². The summed E-state index contributed by atoms with van der Waals surface area (Å²) < 4.78 is 21.6. The van der Waals surface area contributed by atoms with Gasteiger partial charge in [0.2, 0.25) is 0 Å². The van der Waals surface area contributed by atoms with Gasteiger partial charge < -0.3 is 10.1 Å². The van der Waals surface area contributed by atoms with E-state index in [-0.39, 0.29) is 24.4 Å². The van der Waals surface area contributed by atoms with Gasteiger partial charge in [-0.3, -0.25) is 9.69 Å². The molecule has 0 aliphatic carbocycles. The number of amides is 3. The van der Waals surface area contributed by atoms with Crippen LogP contribution in [0.4, 0.5) is 9.18 Å². The summed E-state index contributed by atoms with van der Waals surface area (Å²) in [6.07, 6.45) is 1.59. The fourth-order valence-corrected chi connectivity index (χ4v) is 5.86. The number of carbonyl (C=O) groups is 2. The number of urea groups is 1. The number of hydrogen-bond acceptors (Lipinski definition) is 3. The summed E-state index contributed by atoms with van der Waals surface area (Å²) in [5, 5.41) is 3.64. The standard InChI is InChI=1S/C24H15Cl2FI2N2O3/c25-16-6-5-15(17(26)10-16)12-34-22-19(28)7-13(8-20(22)29)9-21-23(32)31(24(33)30-21)11-14-3-1-2-4-18(14)27/h1-10H,11-12H2,(H,30,33)/b21-9+. The van der Waals surface area contributed by atoms with E-state index >= 15 is 0 Å². The van der Waals surface area contributed by atoms with Crippen molar-refractivity contribution in [1.82, 2.24) is 10.2 Å². The maximum atomic E-state index is 14.0. The van der Waals surface area contributed by atoms with Crippen molar-refractivity contribution in [3.05, 3.63) is 100.0 Å². The van der Waals surface area contributed by atoms with Crippen LogP contribution in [0.2, 0.25) is 10.0 Å². The minimum Gasteiger partial charge on any atom is -0.487 e. The molecular weight excluding hydrogens is 708 g/mol. The first kappa shape index (κ1) is 25.2. The molecule has 3 aromatic rings. The van der Waals surface area contributed by atoms with Crippen LogP contribution in [0, 0.1) is 13.0 Å². The lowest BCUT2D eigenvalue weighted by atomic mass is 10.1. The van der Waals surface area contributed by atoms with Crippen molar-refractivity contribution in [3.63, 3.8) is 0 Å². The van der Waals surface area contributed by atoms with Crippen LogP contribution >= 0.6 is 68.4 Å². The van der Waals surface area contributed by atoms with Crippen LogP contribution in [-0.4, -0.2) is 16.8 Å². The monoisotopic (exact) mass is 722 g/mol. The third-order valence-electron chi connectivity index (χ3n) is 4.97. The Morgan fingerprint density at radius 1 is 1.00 bits per heavy atom. The molecule has 3 aromatic carbocycles. The maximum Gasteiger partial charge on any atom is 0.329 e. The van der Waals surface area contributed by atoms with Gasteiger partial charge in [-0.1, -0.05) is 47.5 Å². The van der Waals surface area contributed by atoms with Gasteiger partial charge in [0, 0.05) is 21.2 Å². The van der Waals surface area contributed by atoms with Crippen molar-refractivity contribution >= 4 is 86.4 Å². The molecule has 5 nitrogen and oxygen atoms in total. The van der Waals surface area contributed by atoms with Crippen LogP contribution in [0.1, 0.15) is 16.7 Å². The molecule has 1 N–H and O–H groups in total. The zero-order valence-electron chi connectivity index (χ0n) is 17.2. The lowest BCUT2D eigenvalue weighted by molar-refractivity contribution is -0.123. The summed E-state index contributed by atoms with van der Waals surface area (Å²) in [4.78, 5) is 26.1. The second-order valence-corrected chi connectivity index (χ2v) is 10.5. The van der Waals surface area contributed by atoms with Crippen LogP contribution in [0.5, 0.6) is 5.75 Å². The number of nitrogens with one attached hydrogen (secondary N) is 1. The van der Waals surface area contributed by atoms with E-state index in [9.17, 15) is 14.0 Å². The summed E-state index contributed by atoms with van der Waals surface area (Å²) in [5.41, 5.74) is 1.90. The highest BCUT2D eigenvalue weighted by Gasteiger charge is 2.34. The lowest BCUT2D eigenvalue weighted by Gasteiger charge is -2.13. The molecule has 4 rings (SSSR count). The van der Waals surface area contributed by atoms with E-state index in [2.05, 4.69) is 50.5 Å². The summed E-state index contributed by atoms with van der Waals surface area (Å²) in [7, 11) is 0. The second-order valence-electron chi connectivity index (χ2n) is 7.31. The Morgan fingerprint density at radius 3 is 2.38 bits per heavy atom. The Labute approximate surface area is 232 Å². The molecular formula is C24H15Cl2FI2N2O3. The predicted molar refractivity (Wildman–Crippen MR) is 146 cm³/mol. The molecule has 0 spiro atoms. The number of hydrogen-bond donors (Lipinski definition) is 1. The van der Waals surface area contributed by atoms with Gasteiger partial charge in [-0.2, -0.15) is 0 Å².